The second-order valence-electron chi connectivity index (χ2n) is 3.92. The normalized spacial score (nSPS) is 21.3. The molecule has 0 aromatic heterocycles. The number of carbonyl (C=O) groups is 2. The number of hydrogen-bond acceptors (Lipinski definition) is 2. The smallest absolute Gasteiger partial charge is 0.353 e. The van der Waals surface area contributed by atoms with Gasteiger partial charge in [0.25, 0.3) is 0 Å². The van der Waals surface area contributed by atoms with Crippen molar-refractivity contribution in [3.63, 3.8) is 0 Å². The van der Waals surface area contributed by atoms with Crippen molar-refractivity contribution in [3.8, 4) is 0 Å². The molecule has 0 aromatic carbocycles. The average Bonchev–Trinajstić information content (AvgIpc) is 2.24. The summed E-state index contributed by atoms with van der Waals surface area (Å²) < 4.78 is 36.0. The van der Waals surface area contributed by atoms with Crippen molar-refractivity contribution < 1.29 is 22.8 Å². The van der Waals surface area contributed by atoms with E-state index in [4.69, 9.17) is 0 Å². The van der Waals surface area contributed by atoms with E-state index in [0.29, 0.717) is 13.0 Å². The van der Waals surface area contributed by atoms with E-state index in [1.54, 1.807) is 6.92 Å². The Bertz CT molecular complexity index is 304. The van der Waals surface area contributed by atoms with E-state index < -0.39 is 31.0 Å². The molecule has 17 heavy (non-hydrogen) atoms. The molecule has 0 aliphatic carbocycles. The zero-order valence-corrected chi connectivity index (χ0v) is 9.51. The van der Waals surface area contributed by atoms with Crippen LogP contribution >= 0.6 is 0 Å². The molecule has 0 bridgehead atoms. The van der Waals surface area contributed by atoms with Crippen molar-refractivity contribution in [1.29, 1.82) is 0 Å². The first-order valence-electron chi connectivity index (χ1n) is 5.49. The minimum Gasteiger partial charge on any atom is -0.353 e. The second kappa shape index (κ2) is 5.37. The van der Waals surface area contributed by atoms with Crippen LogP contribution < -0.4 is 5.32 Å². The molecule has 4 nitrogen and oxygen atoms in total. The van der Waals surface area contributed by atoms with E-state index in [0.717, 1.165) is 0 Å². The molecule has 1 rings (SSSR count). The van der Waals surface area contributed by atoms with Crippen molar-refractivity contribution in [2.75, 3.05) is 13.1 Å². The Kier molecular flexibility index (Phi) is 4.36. The lowest BCUT2D eigenvalue weighted by Gasteiger charge is -2.34. The van der Waals surface area contributed by atoms with Gasteiger partial charge >= 0.3 is 6.18 Å². The molecule has 1 fully saturated rings. The minimum atomic E-state index is -4.34. The van der Waals surface area contributed by atoms with Gasteiger partial charge in [-0.2, -0.15) is 13.2 Å². The summed E-state index contributed by atoms with van der Waals surface area (Å²) in [7, 11) is 0. The molecular weight excluding hydrogens is 237 g/mol. The molecule has 1 saturated heterocycles. The predicted molar refractivity (Wildman–Crippen MR) is 54.1 cm³/mol. The van der Waals surface area contributed by atoms with E-state index in [9.17, 15) is 22.8 Å². The molecular formula is C10H15F3N2O2. The fourth-order valence-corrected chi connectivity index (χ4v) is 1.81. The van der Waals surface area contributed by atoms with Crippen molar-refractivity contribution in [3.05, 3.63) is 0 Å². The van der Waals surface area contributed by atoms with E-state index >= 15 is 0 Å². The quantitative estimate of drug-likeness (QED) is 0.816. The monoisotopic (exact) mass is 252 g/mol. The zero-order valence-electron chi connectivity index (χ0n) is 9.51. The number of rotatable bonds is 3. The van der Waals surface area contributed by atoms with Crippen LogP contribution in [0.3, 0.4) is 0 Å². The van der Waals surface area contributed by atoms with Gasteiger partial charge < -0.3 is 10.2 Å². The number of piperazine rings is 1. The molecule has 1 heterocycles. The van der Waals surface area contributed by atoms with Gasteiger partial charge in [-0.15, -0.1) is 0 Å². The summed E-state index contributed by atoms with van der Waals surface area (Å²) in [6.45, 7) is 2.30. The lowest BCUT2D eigenvalue weighted by Crippen LogP contribution is -2.56. The summed E-state index contributed by atoms with van der Waals surface area (Å²) in [5, 5.41) is 2.59. The molecule has 0 radical (unpaired) electrons. The highest BCUT2D eigenvalue weighted by Crippen LogP contribution is 2.22. The van der Waals surface area contributed by atoms with Gasteiger partial charge in [-0.3, -0.25) is 9.59 Å². The molecule has 0 spiro atoms. The van der Waals surface area contributed by atoms with E-state index in [-0.39, 0.29) is 12.5 Å². The maximum Gasteiger partial charge on any atom is 0.389 e. The standard InChI is InChI=1S/C10H15F3N2O2/c1-2-7-9(17)14-5-6-15(7)8(16)3-4-10(11,12)13/h7H,2-6H2,1H3,(H,14,17). The number of nitrogens with zero attached hydrogens (tertiary/aromatic N) is 1. The summed E-state index contributed by atoms with van der Waals surface area (Å²) in [4.78, 5) is 24.3. The van der Waals surface area contributed by atoms with Gasteiger partial charge in [-0.1, -0.05) is 6.92 Å². The highest BCUT2D eigenvalue weighted by atomic mass is 19.4. The lowest BCUT2D eigenvalue weighted by molar-refractivity contribution is -0.153. The topological polar surface area (TPSA) is 49.4 Å². The number of halogens is 3. The molecule has 1 aliphatic rings. The van der Waals surface area contributed by atoms with Crippen LogP contribution in [0.15, 0.2) is 0 Å². The Morgan fingerprint density at radius 3 is 2.71 bits per heavy atom. The third kappa shape index (κ3) is 3.90. The van der Waals surface area contributed by atoms with Crippen molar-refractivity contribution in [2.45, 2.75) is 38.4 Å². The van der Waals surface area contributed by atoms with Gasteiger partial charge in [0.1, 0.15) is 6.04 Å². The number of nitrogens with one attached hydrogen (secondary N) is 1. The number of alkyl halides is 3. The second-order valence-corrected chi connectivity index (χ2v) is 3.92. The van der Waals surface area contributed by atoms with E-state index in [1.165, 1.54) is 4.90 Å². The van der Waals surface area contributed by atoms with Gasteiger partial charge in [0, 0.05) is 19.5 Å². The Hall–Kier alpha value is -1.27. The Balaban J connectivity index is 2.57. The summed E-state index contributed by atoms with van der Waals surface area (Å²) in [5.41, 5.74) is 0. The molecule has 98 valence electrons. The number of amides is 2. The van der Waals surface area contributed by atoms with Gasteiger partial charge in [-0.05, 0) is 6.42 Å². The van der Waals surface area contributed by atoms with E-state index in [2.05, 4.69) is 5.32 Å². The summed E-state index contributed by atoms with van der Waals surface area (Å²) >= 11 is 0. The SMILES string of the molecule is CCC1C(=O)NCCN1C(=O)CCC(F)(F)F. The van der Waals surface area contributed by atoms with Gasteiger partial charge in [-0.25, -0.2) is 0 Å². The summed E-state index contributed by atoms with van der Waals surface area (Å²) in [6.07, 6.45) is -5.66. The van der Waals surface area contributed by atoms with Crippen molar-refractivity contribution in [2.24, 2.45) is 0 Å². The fraction of sp³-hybridized carbons (Fsp3) is 0.800. The van der Waals surface area contributed by atoms with Gasteiger partial charge in [0.2, 0.25) is 11.8 Å². The van der Waals surface area contributed by atoms with Crippen LogP contribution in [0.2, 0.25) is 0 Å². The first-order chi connectivity index (χ1) is 7.85. The number of carbonyl (C=O) groups excluding carboxylic acids is 2. The third-order valence-corrected chi connectivity index (χ3v) is 2.66. The van der Waals surface area contributed by atoms with Crippen LogP contribution in [0.4, 0.5) is 13.2 Å². The third-order valence-electron chi connectivity index (χ3n) is 2.66. The van der Waals surface area contributed by atoms with Gasteiger partial charge in [0.05, 0.1) is 6.42 Å². The predicted octanol–water partition coefficient (Wildman–Crippen LogP) is 1.07. The Morgan fingerprint density at radius 1 is 1.53 bits per heavy atom. The minimum absolute atomic E-state index is 0.279. The largest absolute Gasteiger partial charge is 0.389 e. The van der Waals surface area contributed by atoms with Crippen molar-refractivity contribution >= 4 is 11.8 Å². The zero-order chi connectivity index (χ0) is 13.1. The number of hydrogen-bond donors (Lipinski definition) is 1. The van der Waals surface area contributed by atoms with Crippen LogP contribution in [0, 0.1) is 0 Å². The van der Waals surface area contributed by atoms with Gasteiger partial charge in [0.15, 0.2) is 0 Å². The molecule has 0 aromatic rings. The molecule has 1 aliphatic heterocycles. The maximum atomic E-state index is 12.0. The van der Waals surface area contributed by atoms with Crippen LogP contribution in [-0.4, -0.2) is 42.0 Å². The van der Waals surface area contributed by atoms with Crippen molar-refractivity contribution in [1.82, 2.24) is 10.2 Å². The Labute approximate surface area is 97.1 Å². The van der Waals surface area contributed by atoms with Crippen LogP contribution in [0.25, 0.3) is 0 Å². The summed E-state index contributed by atoms with van der Waals surface area (Å²) in [6, 6.07) is -0.635. The first kappa shape index (κ1) is 13.8. The highest BCUT2D eigenvalue weighted by Gasteiger charge is 2.34. The molecule has 1 N–H and O–H groups in total. The van der Waals surface area contributed by atoms with E-state index in [1.807, 2.05) is 0 Å². The maximum absolute atomic E-state index is 12.0. The average molecular weight is 252 g/mol. The molecule has 7 heteroatoms. The fourth-order valence-electron chi connectivity index (χ4n) is 1.81. The molecule has 1 unspecified atom stereocenters. The molecule has 1 atom stereocenters. The van der Waals surface area contributed by atoms with Crippen LogP contribution in [-0.2, 0) is 9.59 Å². The molecule has 2 amide bonds. The molecule has 0 saturated carbocycles. The highest BCUT2D eigenvalue weighted by molar-refractivity contribution is 5.88. The first-order valence-corrected chi connectivity index (χ1v) is 5.49. The Morgan fingerprint density at radius 2 is 2.18 bits per heavy atom. The van der Waals surface area contributed by atoms with Crippen LogP contribution in [0.1, 0.15) is 26.2 Å². The lowest BCUT2D eigenvalue weighted by atomic mass is 10.1. The van der Waals surface area contributed by atoms with Crippen LogP contribution in [0.5, 0.6) is 0 Å². The summed E-state index contributed by atoms with van der Waals surface area (Å²) in [5.74, 6) is -0.900.